The normalized spacial score (nSPS) is 16.8. The number of aliphatic hydroxyl groups is 1. The minimum Gasteiger partial charge on any atom is -0.506 e. The predicted molar refractivity (Wildman–Crippen MR) is 108 cm³/mol. The third kappa shape index (κ3) is 4.09. The van der Waals surface area contributed by atoms with Gasteiger partial charge in [-0.1, -0.05) is 30.0 Å². The number of carbonyl (C=O) groups is 2. The molecule has 1 aromatic carbocycles. The van der Waals surface area contributed by atoms with Crippen molar-refractivity contribution in [3.8, 4) is 0 Å². The van der Waals surface area contributed by atoms with Crippen LogP contribution < -0.4 is 0 Å². The fraction of sp³-hybridized carbons (Fsp3) is 0.190. The average Bonchev–Trinajstić information content (AvgIpc) is 3.19. The SMILES string of the molecule is CCOC(=O)C1=C(O)C(=Cc2ccc(C)o2)SC1=NC(=O)c1ccccc1C. The van der Waals surface area contributed by atoms with E-state index in [1.807, 2.05) is 6.07 Å². The Kier molecular flexibility index (Phi) is 5.84. The largest absolute Gasteiger partial charge is 0.506 e. The minimum absolute atomic E-state index is 0.0960. The Balaban J connectivity index is 2.02. The summed E-state index contributed by atoms with van der Waals surface area (Å²) in [6.07, 6.45) is 1.59. The first-order valence-electron chi connectivity index (χ1n) is 8.66. The van der Waals surface area contributed by atoms with Crippen molar-refractivity contribution in [2.75, 3.05) is 6.61 Å². The zero-order valence-corrected chi connectivity index (χ0v) is 16.5. The first-order valence-corrected chi connectivity index (χ1v) is 9.48. The molecular weight excluding hydrogens is 378 g/mol. The van der Waals surface area contributed by atoms with Crippen LogP contribution >= 0.6 is 11.8 Å². The van der Waals surface area contributed by atoms with E-state index < -0.39 is 11.9 Å². The van der Waals surface area contributed by atoms with Gasteiger partial charge in [-0.3, -0.25) is 4.79 Å². The molecule has 0 unspecified atom stereocenters. The van der Waals surface area contributed by atoms with Crippen LogP contribution in [0, 0.1) is 13.8 Å². The molecule has 0 spiro atoms. The van der Waals surface area contributed by atoms with Crippen LogP contribution in [0.3, 0.4) is 0 Å². The van der Waals surface area contributed by atoms with Crippen molar-refractivity contribution in [3.05, 3.63) is 75.3 Å². The molecule has 0 aliphatic carbocycles. The van der Waals surface area contributed by atoms with E-state index >= 15 is 0 Å². The fourth-order valence-electron chi connectivity index (χ4n) is 2.62. The molecule has 1 aliphatic rings. The lowest BCUT2D eigenvalue weighted by atomic mass is 10.1. The molecule has 0 saturated carbocycles. The van der Waals surface area contributed by atoms with Crippen molar-refractivity contribution >= 4 is 34.8 Å². The highest BCUT2D eigenvalue weighted by Gasteiger charge is 2.34. The van der Waals surface area contributed by atoms with E-state index in [0.717, 1.165) is 17.3 Å². The van der Waals surface area contributed by atoms with Gasteiger partial charge in [0.25, 0.3) is 5.91 Å². The van der Waals surface area contributed by atoms with Gasteiger partial charge in [0, 0.05) is 5.56 Å². The van der Waals surface area contributed by atoms with Crippen LogP contribution in [-0.4, -0.2) is 28.6 Å². The summed E-state index contributed by atoms with van der Waals surface area (Å²) in [5.74, 6) is -0.282. The topological polar surface area (TPSA) is 89.1 Å². The maximum Gasteiger partial charge on any atom is 0.344 e. The quantitative estimate of drug-likeness (QED) is 0.759. The predicted octanol–water partition coefficient (Wildman–Crippen LogP) is 4.60. The number of ether oxygens (including phenoxy) is 1. The maximum absolute atomic E-state index is 12.6. The number of rotatable bonds is 4. The summed E-state index contributed by atoms with van der Waals surface area (Å²) in [6, 6.07) is 10.6. The summed E-state index contributed by atoms with van der Waals surface area (Å²) < 4.78 is 10.5. The van der Waals surface area contributed by atoms with Crippen molar-refractivity contribution in [1.82, 2.24) is 0 Å². The summed E-state index contributed by atoms with van der Waals surface area (Å²) >= 11 is 1.02. The molecule has 1 amide bonds. The van der Waals surface area contributed by atoms with Crippen LogP contribution in [-0.2, 0) is 9.53 Å². The molecule has 2 heterocycles. The number of thioether (sulfide) groups is 1. The molecule has 1 aliphatic heterocycles. The standard InChI is InChI=1S/C21H19NO5S/c1-4-26-21(25)17-18(23)16(11-14-10-9-13(3)27-14)28-20(17)22-19(24)15-8-6-5-7-12(15)2/h5-11,23H,4H2,1-3H3. The summed E-state index contributed by atoms with van der Waals surface area (Å²) in [7, 11) is 0. The van der Waals surface area contributed by atoms with Gasteiger partial charge in [0.15, 0.2) is 0 Å². The Morgan fingerprint density at radius 1 is 1.21 bits per heavy atom. The van der Waals surface area contributed by atoms with Gasteiger partial charge in [-0.15, -0.1) is 0 Å². The molecule has 28 heavy (non-hydrogen) atoms. The zero-order valence-electron chi connectivity index (χ0n) is 15.7. The van der Waals surface area contributed by atoms with E-state index in [4.69, 9.17) is 9.15 Å². The van der Waals surface area contributed by atoms with Gasteiger partial charge in [-0.25, -0.2) is 9.79 Å². The van der Waals surface area contributed by atoms with Crippen LogP contribution in [0.5, 0.6) is 0 Å². The highest BCUT2D eigenvalue weighted by Crippen LogP contribution is 2.39. The fourth-order valence-corrected chi connectivity index (χ4v) is 3.61. The molecule has 2 aromatic rings. The first kappa shape index (κ1) is 19.7. The van der Waals surface area contributed by atoms with Gasteiger partial charge >= 0.3 is 5.97 Å². The summed E-state index contributed by atoms with van der Waals surface area (Å²) in [6.45, 7) is 5.40. The number of hydrogen-bond donors (Lipinski definition) is 1. The smallest absolute Gasteiger partial charge is 0.344 e. The monoisotopic (exact) mass is 397 g/mol. The average molecular weight is 397 g/mol. The molecule has 0 radical (unpaired) electrons. The number of benzene rings is 1. The molecule has 0 saturated heterocycles. The summed E-state index contributed by atoms with van der Waals surface area (Å²) in [4.78, 5) is 29.4. The Morgan fingerprint density at radius 3 is 2.61 bits per heavy atom. The molecule has 0 bridgehead atoms. The molecule has 3 rings (SSSR count). The number of esters is 1. The van der Waals surface area contributed by atoms with Crippen LogP contribution in [0.4, 0.5) is 0 Å². The minimum atomic E-state index is -0.733. The number of aryl methyl sites for hydroxylation is 2. The molecule has 0 fully saturated rings. The number of hydrogen-bond acceptors (Lipinski definition) is 6. The van der Waals surface area contributed by atoms with Crippen molar-refractivity contribution < 1.29 is 23.8 Å². The lowest BCUT2D eigenvalue weighted by molar-refractivity contribution is -0.138. The van der Waals surface area contributed by atoms with Crippen LogP contribution in [0.2, 0.25) is 0 Å². The molecule has 1 aromatic heterocycles. The Bertz CT molecular complexity index is 1030. The van der Waals surface area contributed by atoms with E-state index in [0.29, 0.717) is 22.0 Å². The molecule has 7 heteroatoms. The van der Waals surface area contributed by atoms with Gasteiger partial charge in [0.2, 0.25) is 0 Å². The number of nitrogens with zero attached hydrogens (tertiary/aromatic N) is 1. The van der Waals surface area contributed by atoms with E-state index in [2.05, 4.69) is 4.99 Å². The van der Waals surface area contributed by atoms with Crippen molar-refractivity contribution in [2.45, 2.75) is 20.8 Å². The van der Waals surface area contributed by atoms with Gasteiger partial charge in [0.05, 0.1) is 11.5 Å². The first-order chi connectivity index (χ1) is 13.4. The Labute approximate surface area is 166 Å². The van der Waals surface area contributed by atoms with E-state index in [1.54, 1.807) is 57.2 Å². The maximum atomic E-state index is 12.6. The zero-order chi connectivity index (χ0) is 20.3. The van der Waals surface area contributed by atoms with E-state index in [9.17, 15) is 14.7 Å². The molecule has 6 nitrogen and oxygen atoms in total. The summed E-state index contributed by atoms with van der Waals surface area (Å²) in [5.41, 5.74) is 1.08. The van der Waals surface area contributed by atoms with Gasteiger partial charge in [-0.2, -0.15) is 0 Å². The number of aliphatic imine (C=N–C) groups is 1. The number of aliphatic hydroxyl groups excluding tert-OH is 1. The summed E-state index contributed by atoms with van der Waals surface area (Å²) in [5, 5.41) is 10.7. The van der Waals surface area contributed by atoms with Crippen molar-refractivity contribution in [3.63, 3.8) is 0 Å². The third-order valence-corrected chi connectivity index (χ3v) is 5.00. The van der Waals surface area contributed by atoms with Crippen molar-refractivity contribution in [2.24, 2.45) is 4.99 Å². The molecular formula is C21H19NO5S. The van der Waals surface area contributed by atoms with Crippen LogP contribution in [0.25, 0.3) is 6.08 Å². The van der Waals surface area contributed by atoms with E-state index in [1.165, 1.54) is 0 Å². The van der Waals surface area contributed by atoms with Crippen molar-refractivity contribution in [1.29, 1.82) is 0 Å². The highest BCUT2D eigenvalue weighted by atomic mass is 32.2. The number of carbonyl (C=O) groups excluding carboxylic acids is 2. The Morgan fingerprint density at radius 2 is 1.96 bits per heavy atom. The molecule has 144 valence electrons. The van der Waals surface area contributed by atoms with Gasteiger partial charge < -0.3 is 14.3 Å². The van der Waals surface area contributed by atoms with Gasteiger partial charge in [-0.05, 0) is 50.6 Å². The van der Waals surface area contributed by atoms with Crippen LogP contribution in [0.1, 0.15) is 34.4 Å². The number of amides is 1. The molecule has 1 N–H and O–H groups in total. The third-order valence-electron chi connectivity index (χ3n) is 3.98. The highest BCUT2D eigenvalue weighted by molar-refractivity contribution is 8.18. The Hall–Kier alpha value is -3.06. The van der Waals surface area contributed by atoms with Crippen LogP contribution in [0.15, 0.2) is 62.0 Å². The number of furan rings is 1. The second-order valence-electron chi connectivity index (χ2n) is 6.04. The second-order valence-corrected chi connectivity index (χ2v) is 7.07. The van der Waals surface area contributed by atoms with Gasteiger partial charge in [0.1, 0.15) is 27.9 Å². The molecule has 0 atom stereocenters. The lowest BCUT2D eigenvalue weighted by Crippen LogP contribution is -2.14. The second kappa shape index (κ2) is 8.31. The lowest BCUT2D eigenvalue weighted by Gasteiger charge is -2.04. The van der Waals surface area contributed by atoms with E-state index in [-0.39, 0.29) is 23.0 Å².